The van der Waals surface area contributed by atoms with Crippen molar-refractivity contribution < 1.29 is 64.2 Å². The third kappa shape index (κ3) is 5.31. The summed E-state index contributed by atoms with van der Waals surface area (Å²) < 4.78 is 27.6. The van der Waals surface area contributed by atoms with E-state index in [2.05, 4.69) is 0 Å². The second-order valence-corrected chi connectivity index (χ2v) is 10.1. The molecule has 2 fully saturated rings. The molecule has 0 aliphatic carbocycles. The summed E-state index contributed by atoms with van der Waals surface area (Å²) in [5.41, 5.74) is -0.472. The standard InChI is InChI=1S/C27H30O14/c1-9(28)24-20(33)22(35)26(40-24)37-12-5-3-11(4-6-12)14-7-13(30)17-15(38-14)8-16(18(31)19(17)32)39-27-23(36)21(34)25(41-27)10(2)29/h3-10,20-29,31-36H,1-2H3/t9-,10-,20+,21+,22-,23+,24+,25-,26+,27-/m0/s1. The summed E-state index contributed by atoms with van der Waals surface area (Å²) in [6.07, 6.45) is -13.0. The average Bonchev–Trinajstić information content (AvgIpc) is 3.37. The average molecular weight is 579 g/mol. The predicted octanol–water partition coefficient (Wildman–Crippen LogP) is -0.716. The fraction of sp³-hybridized carbons (Fsp3) is 0.444. The Hall–Kier alpha value is -3.47. The first-order valence-electron chi connectivity index (χ1n) is 12.7. The van der Waals surface area contributed by atoms with Crippen LogP contribution in [-0.4, -0.2) is 102 Å². The minimum atomic E-state index is -1.59. The lowest BCUT2D eigenvalue weighted by Crippen LogP contribution is -2.38. The van der Waals surface area contributed by atoms with Crippen LogP contribution in [0.5, 0.6) is 23.0 Å². The van der Waals surface area contributed by atoms with E-state index in [0.717, 1.165) is 12.1 Å². The topological polar surface area (TPSA) is 229 Å². The lowest BCUT2D eigenvalue weighted by atomic mass is 10.1. The minimum Gasteiger partial charge on any atom is -0.504 e. The molecule has 2 saturated heterocycles. The Morgan fingerprint density at radius 1 is 0.756 bits per heavy atom. The number of fused-ring (bicyclic) bond motifs is 1. The van der Waals surface area contributed by atoms with Gasteiger partial charge in [-0.2, -0.15) is 0 Å². The van der Waals surface area contributed by atoms with E-state index < -0.39 is 84.1 Å². The number of aliphatic hydroxyl groups is 6. The van der Waals surface area contributed by atoms with Gasteiger partial charge in [-0.15, -0.1) is 0 Å². The summed E-state index contributed by atoms with van der Waals surface area (Å²) in [6, 6.07) is 8.24. The molecule has 8 N–H and O–H groups in total. The summed E-state index contributed by atoms with van der Waals surface area (Å²) in [4.78, 5) is 12.9. The zero-order valence-electron chi connectivity index (χ0n) is 21.8. The van der Waals surface area contributed by atoms with Gasteiger partial charge < -0.3 is 64.2 Å². The molecule has 3 heterocycles. The maximum atomic E-state index is 12.9. The second-order valence-electron chi connectivity index (χ2n) is 10.1. The van der Waals surface area contributed by atoms with E-state index in [0.29, 0.717) is 5.56 Å². The third-order valence-electron chi connectivity index (χ3n) is 7.03. The van der Waals surface area contributed by atoms with Crippen molar-refractivity contribution in [3.63, 3.8) is 0 Å². The van der Waals surface area contributed by atoms with Crippen molar-refractivity contribution in [2.24, 2.45) is 0 Å². The molecule has 2 aromatic carbocycles. The van der Waals surface area contributed by atoms with E-state index in [1.807, 2.05) is 0 Å². The molecule has 2 aliphatic rings. The van der Waals surface area contributed by atoms with Crippen LogP contribution in [0.25, 0.3) is 22.3 Å². The number of benzene rings is 2. The molecule has 0 unspecified atom stereocenters. The van der Waals surface area contributed by atoms with Crippen molar-refractivity contribution in [2.45, 2.75) is 75.3 Å². The van der Waals surface area contributed by atoms with Crippen LogP contribution in [0.1, 0.15) is 13.8 Å². The highest BCUT2D eigenvalue weighted by atomic mass is 16.7. The fourth-order valence-electron chi connectivity index (χ4n) is 4.79. The maximum absolute atomic E-state index is 12.9. The number of aliphatic hydroxyl groups excluding tert-OH is 6. The molecule has 0 radical (unpaired) electrons. The molecule has 0 amide bonds. The van der Waals surface area contributed by atoms with Crippen LogP contribution in [0.15, 0.2) is 45.6 Å². The van der Waals surface area contributed by atoms with Gasteiger partial charge in [-0.05, 0) is 38.1 Å². The number of hydrogen-bond donors (Lipinski definition) is 8. The van der Waals surface area contributed by atoms with Gasteiger partial charge in [0, 0.05) is 17.7 Å². The highest BCUT2D eigenvalue weighted by Gasteiger charge is 2.47. The van der Waals surface area contributed by atoms with Crippen LogP contribution in [0.3, 0.4) is 0 Å². The summed E-state index contributed by atoms with van der Waals surface area (Å²) in [5, 5.41) is 80.6. The molecule has 2 aliphatic heterocycles. The Morgan fingerprint density at radius 3 is 1.80 bits per heavy atom. The first-order valence-corrected chi connectivity index (χ1v) is 12.7. The first-order chi connectivity index (χ1) is 19.4. The molecule has 14 nitrogen and oxygen atoms in total. The van der Waals surface area contributed by atoms with Gasteiger partial charge in [0.25, 0.3) is 0 Å². The van der Waals surface area contributed by atoms with E-state index in [1.165, 1.54) is 38.1 Å². The van der Waals surface area contributed by atoms with Crippen LogP contribution < -0.4 is 14.9 Å². The van der Waals surface area contributed by atoms with Crippen LogP contribution in [0.4, 0.5) is 0 Å². The highest BCUT2D eigenvalue weighted by Crippen LogP contribution is 2.43. The lowest BCUT2D eigenvalue weighted by Gasteiger charge is -2.19. The quantitative estimate of drug-likeness (QED) is 0.162. The Bertz CT molecular complexity index is 1450. The van der Waals surface area contributed by atoms with E-state index in [1.54, 1.807) is 0 Å². The van der Waals surface area contributed by atoms with Gasteiger partial charge in [-0.25, -0.2) is 0 Å². The molecule has 3 aromatic rings. The number of rotatable bonds is 7. The van der Waals surface area contributed by atoms with E-state index >= 15 is 0 Å². The largest absolute Gasteiger partial charge is 0.504 e. The molecule has 41 heavy (non-hydrogen) atoms. The zero-order valence-corrected chi connectivity index (χ0v) is 21.8. The van der Waals surface area contributed by atoms with Crippen LogP contribution in [-0.2, 0) is 9.47 Å². The summed E-state index contributed by atoms with van der Waals surface area (Å²) in [6.45, 7) is 2.76. The van der Waals surface area contributed by atoms with Gasteiger partial charge in [-0.1, -0.05) is 0 Å². The number of phenolic OH excluding ortho intramolecular Hbond substituents is 2. The van der Waals surface area contributed by atoms with Crippen LogP contribution in [0, 0.1) is 0 Å². The molecule has 1 aromatic heterocycles. The van der Waals surface area contributed by atoms with Crippen molar-refractivity contribution >= 4 is 11.0 Å². The van der Waals surface area contributed by atoms with Crippen molar-refractivity contribution in [1.29, 1.82) is 0 Å². The van der Waals surface area contributed by atoms with Crippen molar-refractivity contribution in [2.75, 3.05) is 0 Å². The van der Waals surface area contributed by atoms with Crippen molar-refractivity contribution in [3.8, 4) is 34.3 Å². The van der Waals surface area contributed by atoms with E-state index in [-0.39, 0.29) is 22.5 Å². The van der Waals surface area contributed by atoms with Gasteiger partial charge in [0.15, 0.2) is 16.9 Å². The molecular formula is C27H30O14. The normalized spacial score (nSPS) is 31.3. The van der Waals surface area contributed by atoms with Gasteiger partial charge in [0.1, 0.15) is 59.1 Å². The number of ether oxygens (including phenoxy) is 4. The van der Waals surface area contributed by atoms with Gasteiger partial charge in [0.2, 0.25) is 18.3 Å². The molecule has 222 valence electrons. The van der Waals surface area contributed by atoms with E-state index in [4.69, 9.17) is 23.4 Å². The van der Waals surface area contributed by atoms with Crippen LogP contribution >= 0.6 is 0 Å². The second kappa shape index (κ2) is 11.1. The van der Waals surface area contributed by atoms with Crippen LogP contribution in [0.2, 0.25) is 0 Å². The SMILES string of the molecule is C[C@H](O)[C@@H]1O[C@H](Oc2cc3oc(-c4ccc(O[C@@H]5O[C@H]([C@H](C)O)[C@H](O)[C@@H]5O)cc4)cc(=O)c3c(O)c2O)[C@H](O)[C@H]1O. The summed E-state index contributed by atoms with van der Waals surface area (Å²) in [5.74, 6) is -1.79. The summed E-state index contributed by atoms with van der Waals surface area (Å²) >= 11 is 0. The summed E-state index contributed by atoms with van der Waals surface area (Å²) in [7, 11) is 0. The third-order valence-corrected chi connectivity index (χ3v) is 7.03. The maximum Gasteiger partial charge on any atom is 0.229 e. The Labute approximate surface area is 231 Å². The minimum absolute atomic E-state index is 0.0635. The fourth-order valence-corrected chi connectivity index (χ4v) is 4.79. The zero-order chi connectivity index (χ0) is 29.7. The lowest BCUT2D eigenvalue weighted by molar-refractivity contribution is -0.129. The molecular weight excluding hydrogens is 548 g/mol. The Morgan fingerprint density at radius 2 is 1.29 bits per heavy atom. The van der Waals surface area contributed by atoms with Gasteiger partial charge >= 0.3 is 0 Å². The van der Waals surface area contributed by atoms with Crippen molar-refractivity contribution in [1.82, 2.24) is 0 Å². The van der Waals surface area contributed by atoms with E-state index in [9.17, 15) is 45.6 Å². The molecule has 5 rings (SSSR count). The predicted molar refractivity (Wildman–Crippen MR) is 137 cm³/mol. The molecule has 10 atom stereocenters. The molecule has 0 bridgehead atoms. The van der Waals surface area contributed by atoms with Gasteiger partial charge in [-0.3, -0.25) is 4.79 Å². The molecule has 14 heteroatoms. The number of phenols is 2. The Kier molecular flexibility index (Phi) is 7.84. The first kappa shape index (κ1) is 29.0. The van der Waals surface area contributed by atoms with Crippen molar-refractivity contribution in [3.05, 3.63) is 46.6 Å². The number of aromatic hydroxyl groups is 2. The Balaban J connectivity index is 1.40. The van der Waals surface area contributed by atoms with Gasteiger partial charge in [0.05, 0.1) is 12.2 Å². The molecule has 0 saturated carbocycles. The highest BCUT2D eigenvalue weighted by molar-refractivity contribution is 5.89. The monoisotopic (exact) mass is 578 g/mol. The molecule has 0 spiro atoms. The number of hydrogen-bond acceptors (Lipinski definition) is 14. The smallest absolute Gasteiger partial charge is 0.229 e.